The van der Waals surface area contributed by atoms with E-state index in [1.54, 1.807) is 30.5 Å². The molecule has 0 fully saturated rings. The molecule has 0 aliphatic carbocycles. The number of rotatable bonds is 4. The van der Waals surface area contributed by atoms with Gasteiger partial charge in [-0.3, -0.25) is 0 Å². The highest BCUT2D eigenvalue weighted by molar-refractivity contribution is 7.91. The molecular weight excluding hydrogens is 300 g/mol. The summed E-state index contributed by atoms with van der Waals surface area (Å²) in [7, 11) is -3.63. The summed E-state index contributed by atoms with van der Waals surface area (Å²) >= 11 is 0. The molecule has 3 aromatic rings. The standard InChI is InChI=1S/C16H16N2O3S/c1-3-21-13-10-18-16-15(13)14(8-9-17-16)22(19,20)12-6-4-11(2)5-7-12/h4-10H,3H2,1-2H3,(H,17,18). The maximum atomic E-state index is 12.9. The zero-order chi connectivity index (χ0) is 15.7. The number of hydrogen-bond acceptors (Lipinski definition) is 4. The highest BCUT2D eigenvalue weighted by Crippen LogP contribution is 2.33. The van der Waals surface area contributed by atoms with Crippen LogP contribution >= 0.6 is 0 Å². The SMILES string of the molecule is CCOc1c[nH]c2nccc(S(=O)(=O)c3ccc(C)cc3)c12. The van der Waals surface area contributed by atoms with Crippen molar-refractivity contribution in [3.05, 3.63) is 48.3 Å². The van der Waals surface area contributed by atoms with Crippen molar-refractivity contribution in [1.82, 2.24) is 9.97 Å². The molecule has 1 aromatic carbocycles. The van der Waals surface area contributed by atoms with Crippen LogP contribution in [0.5, 0.6) is 5.75 Å². The molecule has 0 radical (unpaired) electrons. The number of fused-ring (bicyclic) bond motifs is 1. The van der Waals surface area contributed by atoms with E-state index in [-0.39, 0.29) is 9.79 Å². The molecule has 6 heteroatoms. The number of ether oxygens (including phenoxy) is 1. The maximum Gasteiger partial charge on any atom is 0.207 e. The summed E-state index contributed by atoms with van der Waals surface area (Å²) in [6.07, 6.45) is 3.12. The first kappa shape index (κ1) is 14.6. The van der Waals surface area contributed by atoms with Gasteiger partial charge in [0.1, 0.15) is 11.4 Å². The van der Waals surface area contributed by atoms with Gasteiger partial charge in [0.15, 0.2) is 0 Å². The average Bonchev–Trinajstić information content (AvgIpc) is 2.91. The Morgan fingerprint density at radius 2 is 1.91 bits per heavy atom. The van der Waals surface area contributed by atoms with Gasteiger partial charge in [-0.25, -0.2) is 13.4 Å². The number of H-pyrrole nitrogens is 1. The van der Waals surface area contributed by atoms with Crippen molar-refractivity contribution in [2.75, 3.05) is 6.61 Å². The van der Waals surface area contributed by atoms with Crippen LogP contribution in [0.15, 0.2) is 52.5 Å². The molecule has 0 unspecified atom stereocenters. The highest BCUT2D eigenvalue weighted by atomic mass is 32.2. The van der Waals surface area contributed by atoms with Crippen molar-refractivity contribution in [1.29, 1.82) is 0 Å². The van der Waals surface area contributed by atoms with Crippen molar-refractivity contribution >= 4 is 20.9 Å². The fraction of sp³-hybridized carbons (Fsp3) is 0.188. The van der Waals surface area contributed by atoms with Gasteiger partial charge in [0.25, 0.3) is 0 Å². The first-order valence-corrected chi connectivity index (χ1v) is 8.43. The van der Waals surface area contributed by atoms with E-state index in [1.165, 1.54) is 12.3 Å². The predicted octanol–water partition coefficient (Wildman–Crippen LogP) is 3.10. The Morgan fingerprint density at radius 3 is 2.59 bits per heavy atom. The summed E-state index contributed by atoms with van der Waals surface area (Å²) in [5.41, 5.74) is 1.51. The first-order chi connectivity index (χ1) is 10.5. The number of pyridine rings is 1. The molecule has 5 nitrogen and oxygen atoms in total. The molecule has 0 atom stereocenters. The molecule has 1 N–H and O–H groups in total. The number of sulfone groups is 1. The highest BCUT2D eigenvalue weighted by Gasteiger charge is 2.23. The third-order valence-electron chi connectivity index (χ3n) is 3.42. The molecule has 0 amide bonds. The van der Waals surface area contributed by atoms with E-state index < -0.39 is 9.84 Å². The van der Waals surface area contributed by atoms with Crippen LogP contribution in [0, 0.1) is 6.92 Å². The molecule has 0 saturated carbocycles. The lowest BCUT2D eigenvalue weighted by Gasteiger charge is -2.08. The lowest BCUT2D eigenvalue weighted by atomic mass is 10.2. The molecule has 0 bridgehead atoms. The van der Waals surface area contributed by atoms with Gasteiger partial charge in [0.2, 0.25) is 9.84 Å². The molecule has 3 rings (SSSR count). The van der Waals surface area contributed by atoms with Crippen LogP contribution in [0.1, 0.15) is 12.5 Å². The third-order valence-corrected chi connectivity index (χ3v) is 5.23. The van der Waals surface area contributed by atoms with Crippen LogP contribution in [-0.2, 0) is 9.84 Å². The van der Waals surface area contributed by atoms with Crippen LogP contribution in [-0.4, -0.2) is 25.0 Å². The Balaban J connectivity index is 2.24. The number of aromatic amines is 1. The van der Waals surface area contributed by atoms with Gasteiger partial charge in [0, 0.05) is 12.4 Å². The molecule has 0 saturated heterocycles. The van der Waals surface area contributed by atoms with E-state index in [9.17, 15) is 8.42 Å². The number of aromatic nitrogens is 2. The molecule has 2 aromatic heterocycles. The van der Waals surface area contributed by atoms with Crippen LogP contribution in [0.4, 0.5) is 0 Å². The van der Waals surface area contributed by atoms with Crippen LogP contribution < -0.4 is 4.74 Å². The van der Waals surface area contributed by atoms with E-state index >= 15 is 0 Å². The van der Waals surface area contributed by atoms with Crippen LogP contribution in [0.2, 0.25) is 0 Å². The van der Waals surface area contributed by atoms with Gasteiger partial charge in [-0.15, -0.1) is 0 Å². The van der Waals surface area contributed by atoms with Gasteiger partial charge in [-0.2, -0.15) is 0 Å². The predicted molar refractivity (Wildman–Crippen MR) is 83.9 cm³/mol. The van der Waals surface area contributed by atoms with Crippen molar-refractivity contribution in [2.45, 2.75) is 23.6 Å². The quantitative estimate of drug-likeness (QED) is 0.803. The van der Waals surface area contributed by atoms with Crippen LogP contribution in [0.3, 0.4) is 0 Å². The second kappa shape index (κ2) is 5.46. The smallest absolute Gasteiger partial charge is 0.207 e. The third kappa shape index (κ3) is 2.35. The van der Waals surface area contributed by atoms with Gasteiger partial charge in [-0.1, -0.05) is 17.7 Å². The molecule has 0 aliphatic rings. The fourth-order valence-electron chi connectivity index (χ4n) is 2.34. The summed E-state index contributed by atoms with van der Waals surface area (Å²) in [5.74, 6) is 0.497. The van der Waals surface area contributed by atoms with E-state index in [1.807, 2.05) is 13.8 Å². The minimum Gasteiger partial charge on any atom is -0.492 e. The first-order valence-electron chi connectivity index (χ1n) is 6.94. The van der Waals surface area contributed by atoms with Gasteiger partial charge in [0.05, 0.1) is 21.8 Å². The fourth-order valence-corrected chi connectivity index (χ4v) is 3.79. The van der Waals surface area contributed by atoms with E-state index in [0.717, 1.165) is 5.56 Å². The summed E-state index contributed by atoms with van der Waals surface area (Å²) in [6.45, 7) is 4.22. The average molecular weight is 316 g/mol. The zero-order valence-corrected chi connectivity index (χ0v) is 13.1. The summed E-state index contributed by atoms with van der Waals surface area (Å²) < 4.78 is 31.3. The second-order valence-corrected chi connectivity index (χ2v) is 6.85. The number of aryl methyl sites for hydroxylation is 1. The minimum atomic E-state index is -3.63. The Kier molecular flexibility index (Phi) is 3.62. The van der Waals surface area contributed by atoms with Crippen molar-refractivity contribution in [2.24, 2.45) is 0 Å². The number of hydrogen-bond donors (Lipinski definition) is 1. The second-order valence-electron chi connectivity index (χ2n) is 4.94. The number of nitrogens with one attached hydrogen (secondary N) is 1. The molecule has 0 spiro atoms. The molecule has 114 valence electrons. The summed E-state index contributed by atoms with van der Waals surface area (Å²) in [6, 6.07) is 8.30. The zero-order valence-electron chi connectivity index (χ0n) is 12.3. The van der Waals surface area contributed by atoms with Gasteiger partial charge < -0.3 is 9.72 Å². The maximum absolute atomic E-state index is 12.9. The van der Waals surface area contributed by atoms with E-state index in [4.69, 9.17) is 4.74 Å². The largest absolute Gasteiger partial charge is 0.492 e. The van der Waals surface area contributed by atoms with Crippen molar-refractivity contribution < 1.29 is 13.2 Å². The lowest BCUT2D eigenvalue weighted by Crippen LogP contribution is -2.04. The van der Waals surface area contributed by atoms with Crippen LogP contribution in [0.25, 0.3) is 11.0 Å². The van der Waals surface area contributed by atoms with E-state index in [2.05, 4.69) is 9.97 Å². The van der Waals surface area contributed by atoms with Crippen molar-refractivity contribution in [3.63, 3.8) is 0 Å². The Hall–Kier alpha value is -2.34. The Bertz CT molecular complexity index is 912. The summed E-state index contributed by atoms with van der Waals surface area (Å²) in [4.78, 5) is 7.57. The molecular formula is C16H16N2O3S. The Morgan fingerprint density at radius 1 is 1.18 bits per heavy atom. The molecule has 2 heterocycles. The molecule has 22 heavy (non-hydrogen) atoms. The molecule has 0 aliphatic heterocycles. The number of benzene rings is 1. The topological polar surface area (TPSA) is 72.0 Å². The van der Waals surface area contributed by atoms with E-state index in [0.29, 0.717) is 23.4 Å². The normalized spacial score (nSPS) is 11.7. The lowest BCUT2D eigenvalue weighted by molar-refractivity contribution is 0.344. The van der Waals surface area contributed by atoms with Crippen molar-refractivity contribution in [3.8, 4) is 5.75 Å². The summed E-state index contributed by atoms with van der Waals surface area (Å²) in [5, 5.41) is 0.491. The van der Waals surface area contributed by atoms with Gasteiger partial charge in [-0.05, 0) is 32.0 Å². The monoisotopic (exact) mass is 316 g/mol. The number of nitrogens with zero attached hydrogens (tertiary/aromatic N) is 1. The van der Waals surface area contributed by atoms with Gasteiger partial charge >= 0.3 is 0 Å². The minimum absolute atomic E-state index is 0.200. The Labute approximate surface area is 128 Å².